The minimum atomic E-state index is -3.14. The van der Waals surface area contributed by atoms with Crippen LogP contribution in [0.3, 0.4) is 0 Å². The lowest BCUT2D eigenvalue weighted by Gasteiger charge is -2.12. The highest BCUT2D eigenvalue weighted by Gasteiger charge is 2.23. The number of ether oxygens (including phenoxy) is 4. The van der Waals surface area contributed by atoms with Gasteiger partial charge in [-0.25, -0.2) is 13.9 Å². The van der Waals surface area contributed by atoms with Crippen molar-refractivity contribution < 1.29 is 36.9 Å². The largest absolute Gasteiger partial charge is 0.497 e. The minimum absolute atomic E-state index is 0.00827. The van der Waals surface area contributed by atoms with Gasteiger partial charge in [-0.1, -0.05) is 23.2 Å². The molecule has 0 N–H and O–H groups in total. The first-order chi connectivity index (χ1) is 13.7. The van der Waals surface area contributed by atoms with E-state index in [2.05, 4.69) is 14.6 Å². The summed E-state index contributed by atoms with van der Waals surface area (Å²) in [5, 5.41) is 3.51. The number of hydrogen-bond acceptors (Lipinski definition) is 6. The topological polar surface area (TPSA) is 71.8 Å². The minimum Gasteiger partial charge on any atom is -0.497 e. The SMILES string of the molecule is COC(=O)/C=C(\COc1cc(-c2nn(C)c(OC(F)F)c2Cl)c(F)cc1Cl)OC. The molecule has 0 unspecified atom stereocenters. The molecule has 0 radical (unpaired) electrons. The van der Waals surface area contributed by atoms with Crippen LogP contribution in [0.4, 0.5) is 13.2 Å². The van der Waals surface area contributed by atoms with Gasteiger partial charge in [-0.2, -0.15) is 13.9 Å². The third-order valence-electron chi connectivity index (χ3n) is 3.53. The zero-order valence-electron chi connectivity index (χ0n) is 15.3. The Morgan fingerprint density at radius 1 is 1.28 bits per heavy atom. The molecule has 0 saturated carbocycles. The van der Waals surface area contributed by atoms with Crippen LogP contribution >= 0.6 is 23.2 Å². The molecule has 158 valence electrons. The van der Waals surface area contributed by atoms with Crippen molar-refractivity contribution in [2.24, 2.45) is 7.05 Å². The lowest BCUT2D eigenvalue weighted by molar-refractivity contribution is -0.135. The van der Waals surface area contributed by atoms with E-state index in [1.807, 2.05) is 0 Å². The highest BCUT2D eigenvalue weighted by molar-refractivity contribution is 6.34. The lowest BCUT2D eigenvalue weighted by atomic mass is 10.1. The number of nitrogens with zero attached hydrogens (tertiary/aromatic N) is 2. The van der Waals surface area contributed by atoms with Crippen molar-refractivity contribution in [3.63, 3.8) is 0 Å². The lowest BCUT2D eigenvalue weighted by Crippen LogP contribution is -2.07. The summed E-state index contributed by atoms with van der Waals surface area (Å²) in [6.07, 6.45) is 1.06. The Balaban J connectivity index is 2.37. The summed E-state index contributed by atoms with van der Waals surface area (Å²) in [5.74, 6) is -1.79. The smallest absolute Gasteiger partial charge is 0.388 e. The predicted molar refractivity (Wildman–Crippen MR) is 97.9 cm³/mol. The molecule has 7 nitrogen and oxygen atoms in total. The first kappa shape index (κ1) is 22.7. The van der Waals surface area contributed by atoms with E-state index in [0.717, 1.165) is 16.8 Å². The monoisotopic (exact) mass is 454 g/mol. The van der Waals surface area contributed by atoms with Gasteiger partial charge < -0.3 is 18.9 Å². The van der Waals surface area contributed by atoms with E-state index >= 15 is 0 Å². The second-order valence-electron chi connectivity index (χ2n) is 5.36. The van der Waals surface area contributed by atoms with Crippen LogP contribution in [0, 0.1) is 5.82 Å². The van der Waals surface area contributed by atoms with E-state index < -0.39 is 24.3 Å². The fourth-order valence-corrected chi connectivity index (χ4v) is 2.70. The fraction of sp³-hybridized carbons (Fsp3) is 0.294. The summed E-state index contributed by atoms with van der Waals surface area (Å²) in [5.41, 5.74) is -0.314. The molecule has 1 heterocycles. The molecular formula is C17H15Cl2F3N2O5. The van der Waals surface area contributed by atoms with Crippen LogP contribution < -0.4 is 9.47 Å². The van der Waals surface area contributed by atoms with Crippen molar-refractivity contribution in [3.05, 3.63) is 39.8 Å². The van der Waals surface area contributed by atoms with Crippen LogP contribution in [0.1, 0.15) is 0 Å². The molecule has 1 aromatic heterocycles. The van der Waals surface area contributed by atoms with Gasteiger partial charge in [0.05, 0.1) is 25.3 Å². The van der Waals surface area contributed by atoms with Crippen molar-refractivity contribution >= 4 is 29.2 Å². The van der Waals surface area contributed by atoms with Crippen molar-refractivity contribution in [1.29, 1.82) is 0 Å². The second kappa shape index (κ2) is 9.75. The summed E-state index contributed by atoms with van der Waals surface area (Å²) in [6, 6.07) is 2.13. The summed E-state index contributed by atoms with van der Waals surface area (Å²) in [6.45, 7) is -3.37. The number of aromatic nitrogens is 2. The molecule has 1 aromatic carbocycles. The van der Waals surface area contributed by atoms with Gasteiger partial charge in [0.15, 0.2) is 0 Å². The molecule has 0 spiro atoms. The van der Waals surface area contributed by atoms with E-state index in [-0.39, 0.29) is 39.4 Å². The standard InChI is InChI=1S/C17H15Cl2F3N2O5/c1-24-16(29-17(21)22)14(19)15(23-24)9-5-12(10(18)6-11(9)20)28-7-8(26-2)4-13(25)27-3/h4-6,17H,7H2,1-3H3/b8-4+. The van der Waals surface area contributed by atoms with Crippen LogP contribution in [0.15, 0.2) is 24.0 Å². The van der Waals surface area contributed by atoms with Gasteiger partial charge in [-0.05, 0) is 12.1 Å². The first-order valence-electron chi connectivity index (χ1n) is 7.79. The molecule has 0 aliphatic carbocycles. The van der Waals surface area contributed by atoms with Crippen LogP contribution in [0.2, 0.25) is 10.0 Å². The molecule has 0 saturated heterocycles. The Bertz CT molecular complexity index is 934. The number of carbonyl (C=O) groups is 1. The van der Waals surface area contributed by atoms with Crippen LogP contribution in [-0.2, 0) is 21.3 Å². The molecule has 0 fully saturated rings. The fourth-order valence-electron chi connectivity index (χ4n) is 2.19. The average Bonchev–Trinajstić information content (AvgIpc) is 2.93. The Kier molecular flexibility index (Phi) is 7.63. The highest BCUT2D eigenvalue weighted by atomic mass is 35.5. The third-order valence-corrected chi connectivity index (χ3v) is 4.17. The highest BCUT2D eigenvalue weighted by Crippen LogP contribution is 2.39. The van der Waals surface area contributed by atoms with Gasteiger partial charge in [-0.3, -0.25) is 0 Å². The van der Waals surface area contributed by atoms with E-state index in [9.17, 15) is 18.0 Å². The molecule has 0 atom stereocenters. The molecule has 0 aliphatic heterocycles. The molecule has 0 amide bonds. The van der Waals surface area contributed by atoms with E-state index in [4.69, 9.17) is 32.7 Å². The Morgan fingerprint density at radius 2 is 1.97 bits per heavy atom. The number of alkyl halides is 2. The van der Waals surface area contributed by atoms with Gasteiger partial charge >= 0.3 is 12.6 Å². The van der Waals surface area contributed by atoms with Crippen LogP contribution in [0.25, 0.3) is 11.3 Å². The number of halogens is 5. The molecule has 0 aliphatic rings. The maximum absolute atomic E-state index is 14.4. The molecule has 12 heteroatoms. The summed E-state index contributed by atoms with van der Waals surface area (Å²) >= 11 is 12.0. The second-order valence-corrected chi connectivity index (χ2v) is 6.14. The number of aryl methyl sites for hydroxylation is 1. The molecule has 2 rings (SSSR count). The predicted octanol–water partition coefficient (Wildman–Crippen LogP) is 4.22. The zero-order chi connectivity index (χ0) is 21.7. The number of rotatable bonds is 8. The Morgan fingerprint density at radius 3 is 2.55 bits per heavy atom. The van der Waals surface area contributed by atoms with E-state index in [1.165, 1.54) is 27.3 Å². The third kappa shape index (κ3) is 5.48. The molecule has 0 bridgehead atoms. The van der Waals surface area contributed by atoms with Gasteiger partial charge in [0.1, 0.15) is 34.6 Å². The Hall–Kier alpha value is -2.59. The summed E-state index contributed by atoms with van der Waals surface area (Å²) in [4.78, 5) is 11.3. The van der Waals surface area contributed by atoms with Gasteiger partial charge in [0.25, 0.3) is 0 Å². The van der Waals surface area contributed by atoms with Gasteiger partial charge in [0.2, 0.25) is 5.88 Å². The van der Waals surface area contributed by atoms with Crippen molar-refractivity contribution in [3.8, 4) is 22.9 Å². The quantitative estimate of drug-likeness (QED) is 0.337. The number of hydrogen-bond donors (Lipinski definition) is 0. The summed E-state index contributed by atoms with van der Waals surface area (Å²) < 4.78 is 59.7. The van der Waals surface area contributed by atoms with E-state index in [0.29, 0.717) is 0 Å². The Labute approximate surface area is 173 Å². The normalized spacial score (nSPS) is 11.6. The first-order valence-corrected chi connectivity index (χ1v) is 8.55. The average molecular weight is 455 g/mol. The van der Waals surface area contributed by atoms with Gasteiger partial charge in [0, 0.05) is 12.6 Å². The summed E-state index contributed by atoms with van der Waals surface area (Å²) in [7, 11) is 3.81. The maximum Gasteiger partial charge on any atom is 0.388 e. The van der Waals surface area contributed by atoms with Crippen molar-refractivity contribution in [2.45, 2.75) is 6.61 Å². The maximum atomic E-state index is 14.4. The number of esters is 1. The van der Waals surface area contributed by atoms with Gasteiger partial charge in [-0.15, -0.1) is 0 Å². The molecule has 29 heavy (non-hydrogen) atoms. The molecular weight excluding hydrogens is 440 g/mol. The van der Waals surface area contributed by atoms with Crippen molar-refractivity contribution in [1.82, 2.24) is 9.78 Å². The molecule has 2 aromatic rings. The van der Waals surface area contributed by atoms with Crippen molar-refractivity contribution in [2.75, 3.05) is 20.8 Å². The van der Waals surface area contributed by atoms with Crippen LogP contribution in [0.5, 0.6) is 11.6 Å². The van der Waals surface area contributed by atoms with Crippen LogP contribution in [-0.4, -0.2) is 43.2 Å². The number of methoxy groups -OCH3 is 2. The number of benzene rings is 1. The zero-order valence-corrected chi connectivity index (χ0v) is 16.9. The number of carbonyl (C=O) groups excluding carboxylic acids is 1. The van der Waals surface area contributed by atoms with E-state index in [1.54, 1.807) is 0 Å².